The van der Waals surface area contributed by atoms with Gasteiger partial charge in [-0.25, -0.2) is 9.78 Å². The average molecular weight is 415 g/mol. The van der Waals surface area contributed by atoms with E-state index in [-0.39, 0.29) is 23.8 Å². The number of hydrogen-bond acceptors (Lipinski definition) is 5. The molecule has 1 aromatic heterocycles. The molecule has 3 N–H and O–H groups in total. The van der Waals surface area contributed by atoms with Gasteiger partial charge in [0.05, 0.1) is 6.33 Å². The molecular formula is C21H29N5O4. The third-order valence-electron chi connectivity index (χ3n) is 4.13. The second kappa shape index (κ2) is 9.91. The number of primary amides is 1. The summed E-state index contributed by atoms with van der Waals surface area (Å²) in [6.07, 6.45) is 1.60. The first-order valence-electron chi connectivity index (χ1n) is 9.69. The van der Waals surface area contributed by atoms with Gasteiger partial charge < -0.3 is 25.3 Å². The molecule has 0 fully saturated rings. The zero-order chi connectivity index (χ0) is 22.3. The van der Waals surface area contributed by atoms with Crippen molar-refractivity contribution in [2.75, 3.05) is 18.9 Å². The van der Waals surface area contributed by atoms with E-state index >= 15 is 0 Å². The van der Waals surface area contributed by atoms with E-state index in [2.05, 4.69) is 10.3 Å². The largest absolute Gasteiger partial charge is 0.444 e. The van der Waals surface area contributed by atoms with Crippen LogP contribution in [0.5, 0.6) is 0 Å². The predicted molar refractivity (Wildman–Crippen MR) is 113 cm³/mol. The first-order valence-corrected chi connectivity index (χ1v) is 9.69. The van der Waals surface area contributed by atoms with Crippen molar-refractivity contribution in [3.8, 4) is 0 Å². The standard InChI is InChI=1S/C21H29N5O4/c1-21(2,3)30-20(29)25(4)12-8-11-16(27)24-19-17(18(22)28)26(14-23-19)13-15-9-6-5-7-10-15/h5-7,9-10,14H,8,11-13H2,1-4H3,(H2,22,28)(H,24,27). The molecule has 1 aromatic carbocycles. The van der Waals surface area contributed by atoms with Crippen LogP contribution in [0.3, 0.4) is 0 Å². The quantitative estimate of drug-likeness (QED) is 0.687. The Kier molecular flexibility index (Phi) is 7.57. The number of nitrogens with one attached hydrogen (secondary N) is 1. The summed E-state index contributed by atoms with van der Waals surface area (Å²) in [6.45, 7) is 6.13. The Morgan fingerprint density at radius 3 is 2.47 bits per heavy atom. The minimum atomic E-state index is -0.677. The van der Waals surface area contributed by atoms with Crippen molar-refractivity contribution in [3.05, 3.63) is 47.9 Å². The summed E-state index contributed by atoms with van der Waals surface area (Å²) in [5.74, 6) is -0.868. The summed E-state index contributed by atoms with van der Waals surface area (Å²) in [6, 6.07) is 9.53. The van der Waals surface area contributed by atoms with Crippen LogP contribution in [0.25, 0.3) is 0 Å². The van der Waals surface area contributed by atoms with Crippen LogP contribution in [-0.4, -0.2) is 51.6 Å². The van der Waals surface area contributed by atoms with Crippen molar-refractivity contribution < 1.29 is 19.1 Å². The van der Waals surface area contributed by atoms with E-state index in [0.717, 1.165) is 5.56 Å². The maximum Gasteiger partial charge on any atom is 0.410 e. The molecule has 0 unspecified atom stereocenters. The monoisotopic (exact) mass is 415 g/mol. The highest BCUT2D eigenvalue weighted by Crippen LogP contribution is 2.16. The second-order valence-electron chi connectivity index (χ2n) is 7.97. The Labute approximate surface area is 176 Å². The second-order valence-corrected chi connectivity index (χ2v) is 7.97. The van der Waals surface area contributed by atoms with Crippen molar-refractivity contribution in [3.63, 3.8) is 0 Å². The van der Waals surface area contributed by atoms with Crippen LogP contribution < -0.4 is 11.1 Å². The Morgan fingerprint density at radius 1 is 1.20 bits per heavy atom. The highest BCUT2D eigenvalue weighted by atomic mass is 16.6. The van der Waals surface area contributed by atoms with Gasteiger partial charge in [0.15, 0.2) is 11.5 Å². The van der Waals surface area contributed by atoms with Crippen LogP contribution in [0.1, 0.15) is 49.7 Å². The normalized spacial score (nSPS) is 11.1. The fraction of sp³-hybridized carbons (Fsp3) is 0.429. The lowest BCUT2D eigenvalue weighted by molar-refractivity contribution is -0.116. The number of anilines is 1. The number of carbonyl (C=O) groups is 3. The predicted octanol–water partition coefficient (Wildman–Crippen LogP) is 2.62. The molecule has 30 heavy (non-hydrogen) atoms. The van der Waals surface area contributed by atoms with Gasteiger partial charge in [-0.3, -0.25) is 9.59 Å². The lowest BCUT2D eigenvalue weighted by atomic mass is 10.2. The van der Waals surface area contributed by atoms with E-state index in [1.54, 1.807) is 32.4 Å². The van der Waals surface area contributed by atoms with E-state index < -0.39 is 17.6 Å². The minimum Gasteiger partial charge on any atom is -0.444 e. The molecule has 0 saturated carbocycles. The van der Waals surface area contributed by atoms with Crippen LogP contribution in [0.4, 0.5) is 10.6 Å². The van der Waals surface area contributed by atoms with Crippen molar-refractivity contribution in [1.82, 2.24) is 14.5 Å². The molecule has 0 spiro atoms. The molecule has 3 amide bonds. The summed E-state index contributed by atoms with van der Waals surface area (Å²) in [5.41, 5.74) is 6.04. The van der Waals surface area contributed by atoms with Crippen LogP contribution >= 0.6 is 0 Å². The van der Waals surface area contributed by atoms with Crippen molar-refractivity contribution in [2.45, 2.75) is 45.8 Å². The van der Waals surface area contributed by atoms with Gasteiger partial charge in [0, 0.05) is 26.6 Å². The van der Waals surface area contributed by atoms with Crippen molar-refractivity contribution in [2.24, 2.45) is 5.73 Å². The number of imidazole rings is 1. The number of carbonyl (C=O) groups excluding carboxylic acids is 3. The van der Waals surface area contributed by atoms with Gasteiger partial charge in [0.1, 0.15) is 5.60 Å². The number of hydrogen-bond donors (Lipinski definition) is 2. The lowest BCUT2D eigenvalue weighted by Gasteiger charge is -2.24. The third-order valence-corrected chi connectivity index (χ3v) is 4.13. The molecule has 162 valence electrons. The molecule has 1 heterocycles. The Morgan fingerprint density at radius 2 is 1.87 bits per heavy atom. The summed E-state index contributed by atoms with van der Waals surface area (Å²) < 4.78 is 6.87. The van der Waals surface area contributed by atoms with E-state index in [0.29, 0.717) is 19.5 Å². The lowest BCUT2D eigenvalue weighted by Crippen LogP contribution is -2.35. The molecule has 0 aliphatic carbocycles. The Hall–Kier alpha value is -3.36. The third kappa shape index (κ3) is 6.91. The van der Waals surface area contributed by atoms with Crippen LogP contribution in [0, 0.1) is 0 Å². The SMILES string of the molecule is CN(CCCC(=O)Nc1ncn(Cc2ccccc2)c1C(N)=O)C(=O)OC(C)(C)C. The van der Waals surface area contributed by atoms with Crippen molar-refractivity contribution >= 4 is 23.7 Å². The zero-order valence-electron chi connectivity index (χ0n) is 17.8. The van der Waals surface area contributed by atoms with E-state index in [1.807, 2.05) is 30.3 Å². The molecule has 0 aliphatic rings. The number of aromatic nitrogens is 2. The Bertz CT molecular complexity index is 887. The molecule has 0 atom stereocenters. The zero-order valence-corrected chi connectivity index (χ0v) is 17.8. The maximum absolute atomic E-state index is 12.3. The number of nitrogens with zero attached hydrogens (tertiary/aromatic N) is 3. The fourth-order valence-corrected chi connectivity index (χ4v) is 2.73. The van der Waals surface area contributed by atoms with Gasteiger partial charge in [0.25, 0.3) is 5.91 Å². The highest BCUT2D eigenvalue weighted by molar-refractivity contribution is 6.00. The molecule has 0 bridgehead atoms. The van der Waals surface area contributed by atoms with Crippen LogP contribution in [0.15, 0.2) is 36.7 Å². The van der Waals surface area contributed by atoms with Crippen LogP contribution in [-0.2, 0) is 16.1 Å². The van der Waals surface area contributed by atoms with Crippen LogP contribution in [0.2, 0.25) is 0 Å². The number of benzene rings is 1. The highest BCUT2D eigenvalue weighted by Gasteiger charge is 2.21. The smallest absolute Gasteiger partial charge is 0.410 e. The minimum absolute atomic E-state index is 0.129. The maximum atomic E-state index is 12.3. The molecule has 2 aromatic rings. The average Bonchev–Trinajstić information content (AvgIpc) is 3.03. The van der Waals surface area contributed by atoms with Gasteiger partial charge in [-0.15, -0.1) is 0 Å². The van der Waals surface area contributed by atoms with E-state index in [9.17, 15) is 14.4 Å². The summed E-state index contributed by atoms with van der Waals surface area (Å²) in [5, 5.41) is 2.63. The summed E-state index contributed by atoms with van der Waals surface area (Å²) >= 11 is 0. The number of rotatable bonds is 8. The topological polar surface area (TPSA) is 120 Å². The molecule has 9 nitrogen and oxygen atoms in total. The van der Waals surface area contributed by atoms with E-state index in [1.165, 1.54) is 11.2 Å². The molecular weight excluding hydrogens is 386 g/mol. The fourth-order valence-electron chi connectivity index (χ4n) is 2.73. The molecule has 0 saturated heterocycles. The molecule has 2 rings (SSSR count). The van der Waals surface area contributed by atoms with Gasteiger partial charge in [0.2, 0.25) is 5.91 Å². The van der Waals surface area contributed by atoms with Gasteiger partial charge in [-0.2, -0.15) is 0 Å². The molecule has 9 heteroatoms. The summed E-state index contributed by atoms with van der Waals surface area (Å²) in [4.78, 5) is 41.7. The number of ether oxygens (including phenoxy) is 1. The van der Waals surface area contributed by atoms with E-state index in [4.69, 9.17) is 10.5 Å². The Balaban J connectivity index is 1.92. The van der Waals surface area contributed by atoms with Gasteiger partial charge in [-0.05, 0) is 32.8 Å². The number of nitrogens with two attached hydrogens (primary N) is 1. The molecule has 0 aliphatic heterocycles. The van der Waals surface area contributed by atoms with Gasteiger partial charge >= 0.3 is 6.09 Å². The first kappa shape index (κ1) is 22.9. The summed E-state index contributed by atoms with van der Waals surface area (Å²) in [7, 11) is 1.61. The molecule has 0 radical (unpaired) electrons. The number of amides is 3. The first-order chi connectivity index (χ1) is 14.1. The van der Waals surface area contributed by atoms with Crippen molar-refractivity contribution in [1.29, 1.82) is 0 Å². The van der Waals surface area contributed by atoms with Gasteiger partial charge in [-0.1, -0.05) is 30.3 Å².